The van der Waals surface area contributed by atoms with Gasteiger partial charge in [0.15, 0.2) is 6.10 Å². The van der Waals surface area contributed by atoms with E-state index >= 15 is 0 Å². The van der Waals surface area contributed by atoms with Crippen LogP contribution in [0.2, 0.25) is 5.02 Å². The molecule has 9 heteroatoms. The molecule has 0 aromatic heterocycles. The molecule has 1 aliphatic heterocycles. The van der Waals surface area contributed by atoms with Crippen molar-refractivity contribution in [2.24, 2.45) is 0 Å². The molecule has 0 bridgehead atoms. The van der Waals surface area contributed by atoms with Gasteiger partial charge in [0, 0.05) is 18.7 Å². The van der Waals surface area contributed by atoms with Crippen LogP contribution in [0.1, 0.15) is 6.42 Å². The first-order valence-corrected chi connectivity index (χ1v) is 7.55. The minimum atomic E-state index is -1.19. The summed E-state index contributed by atoms with van der Waals surface area (Å²) in [7, 11) is 1.51. The van der Waals surface area contributed by atoms with Crippen LogP contribution >= 0.6 is 11.6 Å². The first-order valence-electron chi connectivity index (χ1n) is 7.17. The SMILES string of the molecule is COCCNC(=O)CN1C(=O)C(CC(=O)O)Oc2ccc(Cl)cc21. The van der Waals surface area contributed by atoms with E-state index in [4.69, 9.17) is 26.2 Å². The highest BCUT2D eigenvalue weighted by atomic mass is 35.5. The average Bonchev–Trinajstić information content (AvgIpc) is 2.52. The van der Waals surface area contributed by atoms with Crippen molar-refractivity contribution < 1.29 is 29.0 Å². The maximum absolute atomic E-state index is 12.5. The number of rotatable bonds is 7. The molecule has 2 N–H and O–H groups in total. The lowest BCUT2D eigenvalue weighted by atomic mass is 10.1. The van der Waals surface area contributed by atoms with Crippen LogP contribution in [0.25, 0.3) is 0 Å². The van der Waals surface area contributed by atoms with Crippen LogP contribution in [0.15, 0.2) is 18.2 Å². The molecule has 0 spiro atoms. The normalized spacial score (nSPS) is 16.3. The fourth-order valence-electron chi connectivity index (χ4n) is 2.24. The maximum atomic E-state index is 12.5. The quantitative estimate of drug-likeness (QED) is 0.696. The van der Waals surface area contributed by atoms with Gasteiger partial charge in [-0.2, -0.15) is 0 Å². The van der Waals surface area contributed by atoms with E-state index in [2.05, 4.69) is 5.32 Å². The number of benzene rings is 1. The number of amides is 2. The number of hydrogen-bond donors (Lipinski definition) is 2. The van der Waals surface area contributed by atoms with Crippen molar-refractivity contribution in [3.63, 3.8) is 0 Å². The third kappa shape index (κ3) is 4.36. The van der Waals surface area contributed by atoms with Gasteiger partial charge in [0.1, 0.15) is 12.3 Å². The molecule has 1 aromatic rings. The number of halogens is 1. The van der Waals surface area contributed by atoms with Crippen molar-refractivity contribution in [1.29, 1.82) is 0 Å². The van der Waals surface area contributed by atoms with Gasteiger partial charge in [-0.25, -0.2) is 0 Å². The predicted octanol–water partition coefficient (Wildman–Crippen LogP) is 0.671. The van der Waals surface area contributed by atoms with E-state index in [0.29, 0.717) is 29.6 Å². The molecule has 1 atom stereocenters. The predicted molar refractivity (Wildman–Crippen MR) is 85.4 cm³/mol. The minimum absolute atomic E-state index is 0.268. The van der Waals surface area contributed by atoms with Crippen LogP contribution < -0.4 is 15.0 Å². The number of fused-ring (bicyclic) bond motifs is 1. The largest absolute Gasteiger partial charge is 0.481 e. The number of carboxylic acid groups (broad SMARTS) is 1. The van der Waals surface area contributed by atoms with E-state index in [0.717, 1.165) is 0 Å². The van der Waals surface area contributed by atoms with E-state index in [1.54, 1.807) is 6.07 Å². The number of methoxy groups -OCH3 is 1. The molecule has 24 heavy (non-hydrogen) atoms. The van der Waals surface area contributed by atoms with E-state index in [9.17, 15) is 14.4 Å². The molecule has 8 nitrogen and oxygen atoms in total. The Kier molecular flexibility index (Phi) is 5.99. The molecule has 1 unspecified atom stereocenters. The number of carbonyl (C=O) groups excluding carboxylic acids is 2. The standard InChI is InChI=1S/C15H17ClN2O6/c1-23-5-4-17-13(19)8-18-10-6-9(16)2-3-11(10)24-12(15(18)22)7-14(20)21/h2-3,6,12H,4-5,7-8H2,1H3,(H,17,19)(H,20,21). The Morgan fingerprint density at radius 1 is 1.46 bits per heavy atom. The van der Waals surface area contributed by atoms with Gasteiger partial charge < -0.3 is 19.9 Å². The van der Waals surface area contributed by atoms with E-state index in [1.807, 2.05) is 0 Å². The number of nitrogens with one attached hydrogen (secondary N) is 1. The van der Waals surface area contributed by atoms with Crippen LogP contribution in [0, 0.1) is 0 Å². The van der Waals surface area contributed by atoms with Crippen LogP contribution in [0.5, 0.6) is 5.75 Å². The van der Waals surface area contributed by atoms with Crippen molar-refractivity contribution in [3.8, 4) is 5.75 Å². The molecule has 2 amide bonds. The summed E-state index contributed by atoms with van der Waals surface area (Å²) in [5.74, 6) is -1.87. The van der Waals surface area contributed by atoms with Crippen molar-refractivity contribution in [2.75, 3.05) is 31.7 Å². The van der Waals surface area contributed by atoms with Crippen LogP contribution in [-0.2, 0) is 19.1 Å². The van der Waals surface area contributed by atoms with Crippen molar-refractivity contribution in [1.82, 2.24) is 5.32 Å². The molecule has 0 aliphatic carbocycles. The van der Waals surface area contributed by atoms with E-state index in [1.165, 1.54) is 24.1 Å². The molecular formula is C15H17ClN2O6. The van der Waals surface area contributed by atoms with Gasteiger partial charge in [0.2, 0.25) is 5.91 Å². The minimum Gasteiger partial charge on any atom is -0.481 e. The molecule has 0 radical (unpaired) electrons. The van der Waals surface area contributed by atoms with Gasteiger partial charge in [-0.1, -0.05) is 11.6 Å². The molecule has 0 saturated heterocycles. The van der Waals surface area contributed by atoms with Gasteiger partial charge >= 0.3 is 5.97 Å². The third-order valence-corrected chi connectivity index (χ3v) is 3.55. The van der Waals surface area contributed by atoms with Crippen LogP contribution in [0.4, 0.5) is 5.69 Å². The highest BCUT2D eigenvalue weighted by Gasteiger charge is 2.36. The number of carbonyl (C=O) groups is 3. The number of aliphatic carboxylic acids is 1. The van der Waals surface area contributed by atoms with Crippen molar-refractivity contribution in [3.05, 3.63) is 23.2 Å². The Balaban J connectivity index is 2.22. The first kappa shape index (κ1) is 18.0. The molecule has 130 valence electrons. The van der Waals surface area contributed by atoms with Gasteiger partial charge in [0.25, 0.3) is 5.91 Å². The monoisotopic (exact) mass is 356 g/mol. The zero-order chi connectivity index (χ0) is 17.7. The third-order valence-electron chi connectivity index (χ3n) is 3.31. The molecule has 0 saturated carbocycles. The second-order valence-corrected chi connectivity index (χ2v) is 5.52. The molecule has 1 aliphatic rings. The molecule has 1 aromatic carbocycles. The Bertz CT molecular complexity index is 651. The number of hydrogen-bond acceptors (Lipinski definition) is 5. The summed E-state index contributed by atoms with van der Waals surface area (Å²) < 4.78 is 10.3. The summed E-state index contributed by atoms with van der Waals surface area (Å²) in [5, 5.41) is 11.9. The second-order valence-electron chi connectivity index (χ2n) is 5.08. The zero-order valence-electron chi connectivity index (χ0n) is 13.0. The smallest absolute Gasteiger partial charge is 0.307 e. The summed E-state index contributed by atoms with van der Waals surface area (Å²) in [6.45, 7) is 0.372. The second kappa shape index (κ2) is 7.98. The van der Waals surface area contributed by atoms with Crippen molar-refractivity contribution >= 4 is 35.1 Å². The number of nitrogens with zero attached hydrogens (tertiary/aromatic N) is 1. The van der Waals surface area contributed by atoms with Gasteiger partial charge in [-0.05, 0) is 18.2 Å². The van der Waals surface area contributed by atoms with Gasteiger partial charge in [0.05, 0.1) is 18.7 Å². The summed E-state index contributed by atoms with van der Waals surface area (Å²) in [6, 6.07) is 4.59. The van der Waals surface area contributed by atoms with Crippen LogP contribution in [-0.4, -0.2) is 55.8 Å². The number of anilines is 1. The summed E-state index contributed by atoms with van der Waals surface area (Å²) in [5.41, 5.74) is 0.330. The van der Waals surface area contributed by atoms with E-state index < -0.39 is 30.3 Å². The highest BCUT2D eigenvalue weighted by Crippen LogP contribution is 2.36. The van der Waals surface area contributed by atoms with Gasteiger partial charge in [-0.15, -0.1) is 0 Å². The van der Waals surface area contributed by atoms with E-state index in [-0.39, 0.29) is 6.54 Å². The lowest BCUT2D eigenvalue weighted by molar-refractivity contribution is -0.142. The molecule has 1 heterocycles. The Morgan fingerprint density at radius 3 is 2.88 bits per heavy atom. The van der Waals surface area contributed by atoms with Crippen LogP contribution in [0.3, 0.4) is 0 Å². The Labute approximate surface area is 143 Å². The topological polar surface area (TPSA) is 105 Å². The lowest BCUT2D eigenvalue weighted by Crippen LogP contribution is -2.50. The fourth-order valence-corrected chi connectivity index (χ4v) is 2.41. The number of carboxylic acids is 1. The molecular weight excluding hydrogens is 340 g/mol. The maximum Gasteiger partial charge on any atom is 0.307 e. The fraction of sp³-hybridized carbons (Fsp3) is 0.400. The lowest BCUT2D eigenvalue weighted by Gasteiger charge is -2.33. The first-order chi connectivity index (χ1) is 11.4. The zero-order valence-corrected chi connectivity index (χ0v) is 13.7. The summed E-state index contributed by atoms with van der Waals surface area (Å²) in [6.07, 6.45) is -1.69. The Hall–Kier alpha value is -2.32. The molecule has 2 rings (SSSR count). The Morgan fingerprint density at radius 2 is 2.21 bits per heavy atom. The summed E-state index contributed by atoms with van der Waals surface area (Å²) in [4.78, 5) is 36.6. The highest BCUT2D eigenvalue weighted by molar-refractivity contribution is 6.31. The van der Waals surface area contributed by atoms with Gasteiger partial charge in [-0.3, -0.25) is 19.3 Å². The average molecular weight is 357 g/mol. The number of ether oxygens (including phenoxy) is 2. The molecule has 0 fully saturated rings. The summed E-state index contributed by atoms with van der Waals surface area (Å²) >= 11 is 5.94. The van der Waals surface area contributed by atoms with Crippen molar-refractivity contribution in [2.45, 2.75) is 12.5 Å².